The summed E-state index contributed by atoms with van der Waals surface area (Å²) in [5.41, 5.74) is -0.168. The van der Waals surface area contributed by atoms with E-state index in [0.29, 0.717) is 17.0 Å². The maximum absolute atomic E-state index is 11.5. The second-order valence-corrected chi connectivity index (χ2v) is 6.12. The predicted molar refractivity (Wildman–Crippen MR) is 64.7 cm³/mol. The molecule has 0 aromatic carbocycles. The zero-order valence-corrected chi connectivity index (χ0v) is 11.1. The molecule has 1 saturated carbocycles. The van der Waals surface area contributed by atoms with Crippen LogP contribution >= 0.6 is 11.8 Å². The van der Waals surface area contributed by atoms with Gasteiger partial charge in [0.15, 0.2) is 0 Å². The Hall–Kier alpha value is -1.11. The van der Waals surface area contributed by atoms with Crippen LogP contribution < -0.4 is 5.32 Å². The number of carbonyl (C=O) groups excluding carboxylic acids is 1. The topological polar surface area (TPSA) is 72.7 Å². The fraction of sp³-hybridized carbons (Fsp3) is 0.800. The van der Waals surface area contributed by atoms with Crippen molar-refractivity contribution in [3.63, 3.8) is 0 Å². The molecule has 0 aliphatic heterocycles. The average Bonchev–Trinajstić information content (AvgIpc) is 2.89. The fourth-order valence-electron chi connectivity index (χ4n) is 1.32. The molecule has 1 amide bonds. The summed E-state index contributed by atoms with van der Waals surface area (Å²) in [5, 5.41) is 15.1. The molecule has 0 atom stereocenters. The van der Waals surface area contributed by atoms with Gasteiger partial charge in [0.1, 0.15) is 0 Å². The molecule has 1 aromatic rings. The number of carbonyl (C=O) groups is 1. The zero-order chi connectivity index (χ0) is 12.5. The third kappa shape index (κ3) is 3.42. The molecule has 1 aliphatic carbocycles. The van der Waals surface area contributed by atoms with Gasteiger partial charge in [-0.3, -0.25) is 4.79 Å². The Morgan fingerprint density at radius 3 is 2.82 bits per heavy atom. The first-order valence-corrected chi connectivity index (χ1v) is 6.66. The van der Waals surface area contributed by atoms with Gasteiger partial charge in [-0.2, -0.15) is 0 Å². The van der Waals surface area contributed by atoms with Crippen molar-refractivity contribution in [1.82, 2.24) is 25.5 Å². The van der Waals surface area contributed by atoms with E-state index in [-0.39, 0.29) is 11.4 Å². The molecular formula is C10H17N5OS. The monoisotopic (exact) mass is 255 g/mol. The summed E-state index contributed by atoms with van der Waals surface area (Å²) in [5.74, 6) is 0.424. The molecule has 2 rings (SSSR count). The first-order valence-electron chi connectivity index (χ1n) is 5.68. The molecule has 1 heterocycles. The van der Waals surface area contributed by atoms with Crippen LogP contribution in [0.2, 0.25) is 0 Å². The van der Waals surface area contributed by atoms with E-state index in [2.05, 4.69) is 20.8 Å². The van der Waals surface area contributed by atoms with E-state index in [1.165, 1.54) is 11.8 Å². The Bertz CT molecular complexity index is 407. The van der Waals surface area contributed by atoms with Crippen molar-refractivity contribution < 1.29 is 4.79 Å². The average molecular weight is 255 g/mol. The van der Waals surface area contributed by atoms with Gasteiger partial charge in [0, 0.05) is 6.04 Å². The summed E-state index contributed by atoms with van der Waals surface area (Å²) in [6, 6.07) is 0.404. The molecule has 0 spiro atoms. The summed E-state index contributed by atoms with van der Waals surface area (Å²) in [6.45, 7) is 6.08. The minimum Gasteiger partial charge on any atom is -0.353 e. The SMILES string of the molecule is CC(C)(C)n1nnnc1SCC(=O)NC1CC1. The molecule has 6 nitrogen and oxygen atoms in total. The smallest absolute Gasteiger partial charge is 0.230 e. The number of hydrogen-bond acceptors (Lipinski definition) is 5. The van der Waals surface area contributed by atoms with Crippen molar-refractivity contribution in [3.8, 4) is 0 Å². The number of hydrogen-bond donors (Lipinski definition) is 1. The first-order chi connectivity index (χ1) is 7.97. The van der Waals surface area contributed by atoms with Crippen LogP contribution in [-0.2, 0) is 10.3 Å². The van der Waals surface area contributed by atoms with Crippen LogP contribution in [0.3, 0.4) is 0 Å². The van der Waals surface area contributed by atoms with Crippen LogP contribution in [0.5, 0.6) is 0 Å². The fourth-order valence-corrected chi connectivity index (χ4v) is 2.19. The van der Waals surface area contributed by atoms with E-state index in [9.17, 15) is 4.79 Å². The lowest BCUT2D eigenvalue weighted by molar-refractivity contribution is -0.118. The van der Waals surface area contributed by atoms with Crippen LogP contribution in [0.25, 0.3) is 0 Å². The number of aromatic nitrogens is 4. The highest BCUT2D eigenvalue weighted by Gasteiger charge is 2.24. The van der Waals surface area contributed by atoms with Gasteiger partial charge in [-0.15, -0.1) is 5.10 Å². The highest BCUT2D eigenvalue weighted by Crippen LogP contribution is 2.22. The predicted octanol–water partition coefficient (Wildman–Crippen LogP) is 0.799. The maximum atomic E-state index is 11.5. The van der Waals surface area contributed by atoms with Crippen molar-refractivity contribution in [2.45, 2.75) is 50.4 Å². The van der Waals surface area contributed by atoms with Crippen molar-refractivity contribution in [1.29, 1.82) is 0 Å². The van der Waals surface area contributed by atoms with Crippen LogP contribution in [0.4, 0.5) is 0 Å². The van der Waals surface area contributed by atoms with Gasteiger partial charge in [-0.05, 0) is 44.0 Å². The van der Waals surface area contributed by atoms with Crippen molar-refractivity contribution in [2.75, 3.05) is 5.75 Å². The van der Waals surface area contributed by atoms with Gasteiger partial charge < -0.3 is 5.32 Å². The molecule has 94 valence electrons. The van der Waals surface area contributed by atoms with Crippen LogP contribution in [0.15, 0.2) is 5.16 Å². The lowest BCUT2D eigenvalue weighted by Gasteiger charge is -2.19. The van der Waals surface area contributed by atoms with E-state index in [1.807, 2.05) is 20.8 Å². The lowest BCUT2D eigenvalue weighted by atomic mass is 10.1. The van der Waals surface area contributed by atoms with Gasteiger partial charge in [0.05, 0.1) is 11.3 Å². The maximum Gasteiger partial charge on any atom is 0.230 e. The van der Waals surface area contributed by atoms with Crippen LogP contribution in [-0.4, -0.2) is 37.9 Å². The highest BCUT2D eigenvalue weighted by molar-refractivity contribution is 7.99. The summed E-state index contributed by atoms with van der Waals surface area (Å²) < 4.78 is 1.74. The van der Waals surface area contributed by atoms with E-state index in [4.69, 9.17) is 0 Å². The van der Waals surface area contributed by atoms with Gasteiger partial charge in [0.25, 0.3) is 0 Å². The number of nitrogens with zero attached hydrogens (tertiary/aromatic N) is 4. The molecule has 0 radical (unpaired) electrons. The molecular weight excluding hydrogens is 238 g/mol. The Morgan fingerprint density at radius 1 is 1.53 bits per heavy atom. The molecule has 1 aromatic heterocycles. The number of tetrazole rings is 1. The third-order valence-corrected chi connectivity index (χ3v) is 3.27. The second kappa shape index (κ2) is 4.64. The van der Waals surface area contributed by atoms with Gasteiger partial charge in [-0.25, -0.2) is 4.68 Å². The van der Waals surface area contributed by atoms with E-state index < -0.39 is 0 Å². The zero-order valence-electron chi connectivity index (χ0n) is 10.3. The van der Waals surface area contributed by atoms with Crippen molar-refractivity contribution >= 4 is 17.7 Å². The number of nitrogens with one attached hydrogen (secondary N) is 1. The van der Waals surface area contributed by atoms with Crippen LogP contribution in [0.1, 0.15) is 33.6 Å². The number of thioether (sulfide) groups is 1. The standard InChI is InChI=1S/C10H17N5OS/c1-10(2,3)15-9(12-13-14-15)17-6-8(16)11-7-4-5-7/h7H,4-6H2,1-3H3,(H,11,16). The number of amides is 1. The van der Waals surface area contributed by atoms with Crippen molar-refractivity contribution in [3.05, 3.63) is 0 Å². The molecule has 1 aliphatic rings. The largest absolute Gasteiger partial charge is 0.353 e. The summed E-state index contributed by atoms with van der Waals surface area (Å²) in [4.78, 5) is 11.5. The Labute approximate surface area is 105 Å². The molecule has 0 unspecified atom stereocenters. The van der Waals surface area contributed by atoms with E-state index in [1.54, 1.807) is 4.68 Å². The molecule has 1 N–H and O–H groups in total. The quantitative estimate of drug-likeness (QED) is 0.806. The van der Waals surface area contributed by atoms with E-state index in [0.717, 1.165) is 12.8 Å². The Morgan fingerprint density at radius 2 is 2.24 bits per heavy atom. The summed E-state index contributed by atoms with van der Waals surface area (Å²) in [7, 11) is 0. The highest BCUT2D eigenvalue weighted by atomic mass is 32.2. The Balaban J connectivity index is 1.89. The molecule has 1 fully saturated rings. The minimum atomic E-state index is -0.168. The third-order valence-electron chi connectivity index (χ3n) is 2.35. The minimum absolute atomic E-state index is 0.0564. The first kappa shape index (κ1) is 12.3. The molecule has 0 bridgehead atoms. The van der Waals surface area contributed by atoms with E-state index >= 15 is 0 Å². The number of rotatable bonds is 4. The van der Waals surface area contributed by atoms with Crippen LogP contribution in [0, 0.1) is 0 Å². The normalized spacial score (nSPS) is 15.9. The molecule has 17 heavy (non-hydrogen) atoms. The summed E-state index contributed by atoms with van der Waals surface area (Å²) >= 11 is 1.37. The van der Waals surface area contributed by atoms with Gasteiger partial charge in [0.2, 0.25) is 11.1 Å². The molecule has 0 saturated heterocycles. The van der Waals surface area contributed by atoms with Gasteiger partial charge in [-0.1, -0.05) is 11.8 Å². The second-order valence-electron chi connectivity index (χ2n) is 5.17. The van der Waals surface area contributed by atoms with Gasteiger partial charge >= 0.3 is 0 Å². The van der Waals surface area contributed by atoms with Crippen molar-refractivity contribution in [2.24, 2.45) is 0 Å². The Kier molecular flexibility index (Phi) is 3.37. The summed E-state index contributed by atoms with van der Waals surface area (Å²) in [6.07, 6.45) is 2.21. The lowest BCUT2D eigenvalue weighted by Crippen LogP contribution is -2.28. The molecule has 7 heteroatoms.